The molecule has 132 valence electrons. The number of piperidine rings is 1. The summed E-state index contributed by atoms with van der Waals surface area (Å²) >= 11 is 1.76. The number of hydrogen-bond acceptors (Lipinski definition) is 5. The van der Waals surface area contributed by atoms with Gasteiger partial charge in [0.2, 0.25) is 5.91 Å². The van der Waals surface area contributed by atoms with Crippen LogP contribution in [-0.4, -0.2) is 41.6 Å². The Balaban J connectivity index is 1.29. The Kier molecular flexibility index (Phi) is 5.10. The smallest absolute Gasteiger partial charge is 0.227 e. The third-order valence-electron chi connectivity index (χ3n) is 5.20. The molecule has 2 aliphatic heterocycles. The molecule has 0 radical (unpaired) electrons. The lowest BCUT2D eigenvalue weighted by molar-refractivity contribution is -0.118. The van der Waals surface area contributed by atoms with Crippen molar-refractivity contribution in [2.45, 2.75) is 25.5 Å². The first kappa shape index (κ1) is 16.7. The van der Waals surface area contributed by atoms with E-state index in [4.69, 9.17) is 4.74 Å². The number of carbonyl (C=O) groups excluding carboxylic acids is 1. The first-order valence-corrected chi connectivity index (χ1v) is 9.77. The van der Waals surface area contributed by atoms with E-state index in [1.54, 1.807) is 23.7 Å². The van der Waals surface area contributed by atoms with Crippen LogP contribution in [0.15, 0.2) is 41.4 Å². The number of pyridine rings is 1. The molecule has 1 amide bonds. The summed E-state index contributed by atoms with van der Waals surface area (Å²) < 4.78 is 5.99. The number of fused-ring (bicyclic) bond motifs is 1. The molecule has 6 heteroatoms. The van der Waals surface area contributed by atoms with E-state index in [9.17, 15) is 4.79 Å². The predicted octanol–water partition coefficient (Wildman–Crippen LogP) is 3.01. The van der Waals surface area contributed by atoms with E-state index >= 15 is 0 Å². The Morgan fingerprint density at radius 1 is 1.44 bits per heavy atom. The quantitative estimate of drug-likeness (QED) is 0.894. The van der Waals surface area contributed by atoms with Crippen LogP contribution in [-0.2, 0) is 16.1 Å². The number of rotatable bonds is 5. The minimum atomic E-state index is 0.0133. The number of carbonyl (C=O) groups is 1. The minimum absolute atomic E-state index is 0.0133. The summed E-state index contributed by atoms with van der Waals surface area (Å²) in [5.74, 6) is 1.06. The second kappa shape index (κ2) is 7.64. The van der Waals surface area contributed by atoms with E-state index < -0.39 is 0 Å². The molecule has 0 aliphatic carbocycles. The fourth-order valence-corrected chi connectivity index (χ4v) is 4.65. The topological polar surface area (TPSA) is 54.5 Å². The second-order valence-corrected chi connectivity index (χ2v) is 7.73. The van der Waals surface area contributed by atoms with Crippen molar-refractivity contribution in [2.75, 3.05) is 25.0 Å². The zero-order valence-electron chi connectivity index (χ0n) is 14.1. The fraction of sp³-hybridized carbons (Fsp3) is 0.474. The first-order chi connectivity index (χ1) is 12.3. The molecule has 2 fully saturated rings. The number of amides is 1. The van der Waals surface area contributed by atoms with E-state index in [1.807, 2.05) is 12.1 Å². The molecule has 2 aromatic rings. The highest BCUT2D eigenvalue weighted by atomic mass is 32.1. The van der Waals surface area contributed by atoms with Gasteiger partial charge in [-0.15, -0.1) is 0 Å². The van der Waals surface area contributed by atoms with Crippen molar-refractivity contribution in [3.05, 3.63) is 46.9 Å². The lowest BCUT2D eigenvalue weighted by atomic mass is 9.83. The van der Waals surface area contributed by atoms with Gasteiger partial charge in [0.25, 0.3) is 0 Å². The number of anilines is 1. The normalized spacial score (nSPS) is 26.3. The fourth-order valence-electron chi connectivity index (χ4n) is 3.99. The monoisotopic (exact) mass is 357 g/mol. The van der Waals surface area contributed by atoms with Crippen LogP contribution in [0.25, 0.3) is 0 Å². The molecule has 4 heterocycles. The Hall–Kier alpha value is -1.76. The molecule has 0 bridgehead atoms. The Bertz CT molecular complexity index is 692. The van der Waals surface area contributed by atoms with Crippen LogP contribution in [0.1, 0.15) is 18.4 Å². The van der Waals surface area contributed by atoms with Gasteiger partial charge in [-0.3, -0.25) is 14.7 Å². The average molecular weight is 357 g/mol. The van der Waals surface area contributed by atoms with E-state index in [0.29, 0.717) is 18.3 Å². The van der Waals surface area contributed by atoms with Crippen molar-refractivity contribution in [2.24, 2.45) is 11.8 Å². The Morgan fingerprint density at radius 3 is 3.20 bits per heavy atom. The standard InChI is InChI=1S/C19H23N3O2S/c23-19(21-16-2-1-5-20-9-16)8-18-17-3-6-22(11-15(17)12-24-18)10-14-4-7-25-13-14/h1-2,4-5,7,9,13,15,17-18H,3,6,8,10-12H2,(H,21,23)/t15-,17-,18-/m1/s1. The first-order valence-electron chi connectivity index (χ1n) is 8.83. The number of nitrogens with zero attached hydrogens (tertiary/aromatic N) is 2. The highest BCUT2D eigenvalue weighted by Crippen LogP contribution is 2.36. The number of aromatic nitrogens is 1. The van der Waals surface area contributed by atoms with Crippen molar-refractivity contribution in [3.8, 4) is 0 Å². The van der Waals surface area contributed by atoms with Crippen molar-refractivity contribution in [3.63, 3.8) is 0 Å². The van der Waals surface area contributed by atoms with Gasteiger partial charge in [-0.25, -0.2) is 0 Å². The molecule has 25 heavy (non-hydrogen) atoms. The molecule has 0 saturated carbocycles. The molecule has 1 N–H and O–H groups in total. The maximum atomic E-state index is 12.3. The average Bonchev–Trinajstić information content (AvgIpc) is 3.26. The van der Waals surface area contributed by atoms with Crippen LogP contribution in [0.4, 0.5) is 5.69 Å². The number of likely N-dealkylation sites (tertiary alicyclic amines) is 1. The highest BCUT2D eigenvalue weighted by molar-refractivity contribution is 7.07. The number of hydrogen-bond donors (Lipinski definition) is 1. The summed E-state index contributed by atoms with van der Waals surface area (Å²) in [5.41, 5.74) is 2.14. The summed E-state index contributed by atoms with van der Waals surface area (Å²) in [7, 11) is 0. The van der Waals surface area contributed by atoms with Gasteiger partial charge in [0.15, 0.2) is 0 Å². The molecule has 0 spiro atoms. The molecule has 4 rings (SSSR count). The lowest BCUT2D eigenvalue weighted by Gasteiger charge is -2.35. The van der Waals surface area contributed by atoms with Crippen molar-refractivity contribution < 1.29 is 9.53 Å². The van der Waals surface area contributed by atoms with Crippen molar-refractivity contribution in [1.82, 2.24) is 9.88 Å². The zero-order valence-corrected chi connectivity index (χ0v) is 15.0. The molecule has 2 aromatic heterocycles. The van der Waals surface area contributed by atoms with Crippen molar-refractivity contribution in [1.29, 1.82) is 0 Å². The summed E-state index contributed by atoms with van der Waals surface area (Å²) in [6, 6.07) is 5.88. The van der Waals surface area contributed by atoms with Crippen molar-refractivity contribution >= 4 is 22.9 Å². The molecule has 2 saturated heterocycles. The molecule has 0 aromatic carbocycles. The van der Waals surface area contributed by atoms with Gasteiger partial charge in [-0.1, -0.05) is 0 Å². The molecule has 2 aliphatic rings. The number of nitrogens with one attached hydrogen (secondary N) is 1. The van der Waals surface area contributed by atoms with Crippen LogP contribution in [0.2, 0.25) is 0 Å². The van der Waals surface area contributed by atoms with Gasteiger partial charge in [-0.05, 0) is 53.4 Å². The van der Waals surface area contributed by atoms with Gasteiger partial charge < -0.3 is 10.1 Å². The molecule has 3 atom stereocenters. The summed E-state index contributed by atoms with van der Waals surface area (Å²) in [4.78, 5) is 18.8. The maximum Gasteiger partial charge on any atom is 0.227 e. The third-order valence-corrected chi connectivity index (χ3v) is 5.93. The van der Waals surface area contributed by atoms with Gasteiger partial charge in [0.05, 0.1) is 31.0 Å². The zero-order chi connectivity index (χ0) is 17.1. The summed E-state index contributed by atoms with van der Waals surface area (Å²) in [5, 5.41) is 7.27. The summed E-state index contributed by atoms with van der Waals surface area (Å²) in [6.07, 6.45) is 4.95. The summed E-state index contributed by atoms with van der Waals surface area (Å²) in [6.45, 7) is 3.96. The SMILES string of the molecule is O=C(C[C@H]1OC[C@H]2CN(Cc3ccsc3)CC[C@H]21)Nc1cccnc1. The lowest BCUT2D eigenvalue weighted by Crippen LogP contribution is -2.41. The largest absolute Gasteiger partial charge is 0.377 e. The van der Waals surface area contributed by atoms with E-state index in [-0.39, 0.29) is 12.0 Å². The Labute approximate surface area is 152 Å². The van der Waals surface area contributed by atoms with Gasteiger partial charge in [-0.2, -0.15) is 11.3 Å². The minimum Gasteiger partial charge on any atom is -0.377 e. The van der Waals surface area contributed by atoms with Crippen LogP contribution in [0, 0.1) is 11.8 Å². The number of ether oxygens (including phenoxy) is 1. The van der Waals surface area contributed by atoms with Crippen LogP contribution < -0.4 is 5.32 Å². The molecule has 0 unspecified atom stereocenters. The van der Waals surface area contributed by atoms with Crippen LogP contribution in [0.3, 0.4) is 0 Å². The highest BCUT2D eigenvalue weighted by Gasteiger charge is 2.41. The number of thiophene rings is 1. The van der Waals surface area contributed by atoms with E-state index in [2.05, 4.69) is 32.0 Å². The maximum absolute atomic E-state index is 12.3. The predicted molar refractivity (Wildman–Crippen MR) is 98.4 cm³/mol. The second-order valence-electron chi connectivity index (χ2n) is 6.95. The van der Waals surface area contributed by atoms with Gasteiger partial charge >= 0.3 is 0 Å². The van der Waals surface area contributed by atoms with E-state index in [0.717, 1.165) is 38.3 Å². The molecule has 5 nitrogen and oxygen atoms in total. The Morgan fingerprint density at radius 2 is 2.40 bits per heavy atom. The van der Waals surface area contributed by atoms with Crippen LogP contribution in [0.5, 0.6) is 0 Å². The van der Waals surface area contributed by atoms with E-state index in [1.165, 1.54) is 5.56 Å². The van der Waals surface area contributed by atoms with Crippen LogP contribution >= 0.6 is 11.3 Å². The third kappa shape index (κ3) is 4.08. The van der Waals surface area contributed by atoms with Gasteiger partial charge in [0.1, 0.15) is 0 Å². The van der Waals surface area contributed by atoms with Gasteiger partial charge in [0, 0.05) is 25.2 Å². The molecular formula is C19H23N3O2S. The molecular weight excluding hydrogens is 334 g/mol.